The van der Waals surface area contributed by atoms with Gasteiger partial charge in [0.2, 0.25) is 5.28 Å². The molecule has 0 aromatic rings. The van der Waals surface area contributed by atoms with Gasteiger partial charge in [-0.3, -0.25) is 9.59 Å². The first-order valence-electron chi connectivity index (χ1n) is 5.42. The SMILES string of the molecule is CC(=O)OCO/N=[N+](\[O-])N1CCCC(C(=O)O)C1. The average Bonchev–Trinajstić information content (AvgIpc) is 2.34. The summed E-state index contributed by atoms with van der Waals surface area (Å²) in [6.07, 6.45) is 1.13. The maximum absolute atomic E-state index is 11.4. The first-order valence-corrected chi connectivity index (χ1v) is 5.42. The van der Waals surface area contributed by atoms with Crippen molar-refractivity contribution in [3.8, 4) is 0 Å². The molecule has 0 spiro atoms. The molecule has 1 N–H and O–H groups in total. The predicted molar refractivity (Wildman–Crippen MR) is 55.7 cm³/mol. The molecular weight excluding hydrogens is 246 g/mol. The number of carboxylic acids is 1. The van der Waals surface area contributed by atoms with Crippen molar-refractivity contribution < 1.29 is 29.2 Å². The van der Waals surface area contributed by atoms with Gasteiger partial charge in [0, 0.05) is 6.92 Å². The van der Waals surface area contributed by atoms with Crippen LogP contribution in [0.25, 0.3) is 0 Å². The smallest absolute Gasteiger partial charge is 0.308 e. The molecule has 1 rings (SSSR count). The van der Waals surface area contributed by atoms with E-state index in [-0.39, 0.29) is 11.5 Å². The normalized spacial score (nSPS) is 20.4. The molecule has 0 saturated carbocycles. The Morgan fingerprint density at radius 1 is 1.61 bits per heavy atom. The molecule has 0 aromatic carbocycles. The van der Waals surface area contributed by atoms with Gasteiger partial charge < -0.3 is 19.9 Å². The number of carbonyl (C=O) groups is 2. The van der Waals surface area contributed by atoms with Crippen molar-refractivity contribution in [2.24, 2.45) is 11.2 Å². The number of aliphatic carboxylic acids is 1. The van der Waals surface area contributed by atoms with Crippen LogP contribution in [0.5, 0.6) is 0 Å². The summed E-state index contributed by atoms with van der Waals surface area (Å²) >= 11 is 0. The second-order valence-corrected chi connectivity index (χ2v) is 3.81. The van der Waals surface area contributed by atoms with Crippen molar-refractivity contribution in [3.63, 3.8) is 0 Å². The molecule has 0 radical (unpaired) electrons. The monoisotopic (exact) mass is 261 g/mol. The zero-order valence-electron chi connectivity index (χ0n) is 9.94. The van der Waals surface area contributed by atoms with Gasteiger partial charge in [-0.1, -0.05) is 0 Å². The van der Waals surface area contributed by atoms with E-state index in [0.29, 0.717) is 19.4 Å². The molecule has 0 aromatic heterocycles. The number of hydrogen-bond donors (Lipinski definition) is 1. The van der Waals surface area contributed by atoms with Crippen LogP contribution in [0, 0.1) is 11.1 Å². The van der Waals surface area contributed by atoms with Gasteiger partial charge in [0.25, 0.3) is 6.79 Å². The third kappa shape index (κ3) is 4.44. The Balaban J connectivity index is 2.40. The van der Waals surface area contributed by atoms with Crippen LogP contribution in [0.2, 0.25) is 0 Å². The van der Waals surface area contributed by atoms with E-state index >= 15 is 0 Å². The summed E-state index contributed by atoms with van der Waals surface area (Å²) in [5.74, 6) is -2.07. The number of esters is 1. The summed E-state index contributed by atoms with van der Waals surface area (Å²) in [5, 5.41) is 24.6. The number of ether oxygens (including phenoxy) is 1. The highest BCUT2D eigenvalue weighted by Gasteiger charge is 2.29. The largest absolute Gasteiger partial charge is 0.569 e. The Morgan fingerprint density at radius 3 is 2.94 bits per heavy atom. The maximum atomic E-state index is 11.4. The van der Waals surface area contributed by atoms with Crippen molar-refractivity contribution in [3.05, 3.63) is 5.21 Å². The molecule has 1 heterocycles. The van der Waals surface area contributed by atoms with Crippen LogP contribution in [0.3, 0.4) is 0 Å². The van der Waals surface area contributed by atoms with Crippen LogP contribution in [0.1, 0.15) is 19.8 Å². The fourth-order valence-electron chi connectivity index (χ4n) is 1.55. The number of carboxylic acid groups (broad SMARTS) is 1. The summed E-state index contributed by atoms with van der Waals surface area (Å²) in [5.41, 5.74) is 0. The Bertz CT molecular complexity index is 345. The van der Waals surface area contributed by atoms with Crippen LogP contribution >= 0.6 is 0 Å². The molecule has 1 aliphatic heterocycles. The number of nitrogens with zero attached hydrogens (tertiary/aromatic N) is 3. The van der Waals surface area contributed by atoms with Gasteiger partial charge in [0.15, 0.2) is 0 Å². The quantitative estimate of drug-likeness (QED) is 0.186. The lowest BCUT2D eigenvalue weighted by atomic mass is 10.00. The molecule has 0 bridgehead atoms. The number of carbonyl (C=O) groups excluding carboxylic acids is 1. The number of hydrazine groups is 1. The lowest BCUT2D eigenvalue weighted by molar-refractivity contribution is -0.714. The topological polar surface area (TPSA) is 114 Å². The van der Waals surface area contributed by atoms with Crippen molar-refractivity contribution >= 4 is 11.9 Å². The van der Waals surface area contributed by atoms with Gasteiger partial charge in [-0.05, 0) is 12.8 Å². The summed E-state index contributed by atoms with van der Waals surface area (Å²) in [4.78, 5) is 25.8. The Labute approximate surface area is 103 Å². The van der Waals surface area contributed by atoms with Crippen LogP contribution in [-0.4, -0.2) is 46.9 Å². The lowest BCUT2D eigenvalue weighted by Crippen LogP contribution is -2.42. The van der Waals surface area contributed by atoms with Crippen molar-refractivity contribution in [1.82, 2.24) is 5.01 Å². The number of piperidine rings is 1. The Hall–Kier alpha value is -2.06. The zero-order chi connectivity index (χ0) is 13.5. The van der Waals surface area contributed by atoms with Gasteiger partial charge >= 0.3 is 11.9 Å². The first-order chi connectivity index (χ1) is 8.50. The predicted octanol–water partition coefficient (Wildman–Crippen LogP) is 0.113. The molecule has 1 saturated heterocycles. The molecule has 1 atom stereocenters. The lowest BCUT2D eigenvalue weighted by Gasteiger charge is -2.26. The number of rotatable bonds is 5. The zero-order valence-corrected chi connectivity index (χ0v) is 9.94. The fourth-order valence-corrected chi connectivity index (χ4v) is 1.55. The molecule has 0 amide bonds. The van der Waals surface area contributed by atoms with Gasteiger partial charge in [0.05, 0.1) is 24.0 Å². The summed E-state index contributed by atoms with van der Waals surface area (Å²) < 4.78 is 4.41. The molecule has 1 unspecified atom stereocenters. The van der Waals surface area contributed by atoms with Crippen molar-refractivity contribution in [1.29, 1.82) is 0 Å². The summed E-state index contributed by atoms with van der Waals surface area (Å²) in [7, 11) is 0. The molecule has 1 aliphatic rings. The molecule has 18 heavy (non-hydrogen) atoms. The Kier molecular flexibility index (Phi) is 5.15. The highest BCUT2D eigenvalue weighted by molar-refractivity contribution is 5.70. The highest BCUT2D eigenvalue weighted by Crippen LogP contribution is 2.16. The molecule has 1 fully saturated rings. The van der Waals surface area contributed by atoms with E-state index in [2.05, 4.69) is 14.9 Å². The summed E-state index contributed by atoms with van der Waals surface area (Å²) in [6.45, 7) is 1.23. The third-order valence-corrected chi connectivity index (χ3v) is 2.43. The van der Waals surface area contributed by atoms with E-state index in [0.717, 1.165) is 0 Å². The van der Waals surface area contributed by atoms with Crippen LogP contribution in [0.4, 0.5) is 0 Å². The van der Waals surface area contributed by atoms with Crippen LogP contribution in [-0.2, 0) is 19.2 Å². The molecule has 9 nitrogen and oxygen atoms in total. The minimum atomic E-state index is -0.936. The molecular formula is C9H15N3O6. The van der Waals surface area contributed by atoms with Crippen molar-refractivity contribution in [2.45, 2.75) is 19.8 Å². The van der Waals surface area contributed by atoms with E-state index in [9.17, 15) is 14.8 Å². The highest BCUT2D eigenvalue weighted by atomic mass is 16.8. The van der Waals surface area contributed by atoms with Gasteiger partial charge in [-0.15, -0.1) is 5.01 Å². The fraction of sp³-hybridized carbons (Fsp3) is 0.778. The molecule has 102 valence electrons. The number of hydrogen-bond acceptors (Lipinski definition) is 6. The van der Waals surface area contributed by atoms with Crippen LogP contribution in [0.15, 0.2) is 5.28 Å². The van der Waals surface area contributed by atoms with Crippen molar-refractivity contribution in [2.75, 3.05) is 19.9 Å². The third-order valence-electron chi connectivity index (χ3n) is 2.43. The van der Waals surface area contributed by atoms with E-state index < -0.39 is 24.6 Å². The Morgan fingerprint density at radius 2 is 2.33 bits per heavy atom. The average molecular weight is 261 g/mol. The van der Waals surface area contributed by atoms with E-state index in [1.807, 2.05) is 0 Å². The van der Waals surface area contributed by atoms with Crippen LogP contribution < -0.4 is 0 Å². The second-order valence-electron chi connectivity index (χ2n) is 3.81. The second kappa shape index (κ2) is 6.62. The van der Waals surface area contributed by atoms with E-state index in [1.165, 1.54) is 11.9 Å². The van der Waals surface area contributed by atoms with E-state index in [1.54, 1.807) is 0 Å². The molecule has 0 aliphatic carbocycles. The summed E-state index contributed by atoms with van der Waals surface area (Å²) in [6, 6.07) is 0. The minimum absolute atomic E-state index is 0.0826. The first kappa shape index (κ1) is 14.0. The maximum Gasteiger partial charge on any atom is 0.308 e. The van der Waals surface area contributed by atoms with Gasteiger partial charge in [-0.25, -0.2) is 0 Å². The standard InChI is InChI=1S/C9H15N3O6/c1-7(13)17-6-18-10-12(16)11-4-2-3-8(5-11)9(14)15/h8H,2-6H2,1H3,(H,14,15)/b12-10-. The van der Waals surface area contributed by atoms with Gasteiger partial charge in [0.1, 0.15) is 0 Å². The minimum Gasteiger partial charge on any atom is -0.569 e. The van der Waals surface area contributed by atoms with Gasteiger partial charge in [-0.2, -0.15) is 0 Å². The van der Waals surface area contributed by atoms with E-state index in [4.69, 9.17) is 5.11 Å². The molecule has 9 heteroatoms.